The summed E-state index contributed by atoms with van der Waals surface area (Å²) >= 11 is 0. The highest BCUT2D eigenvalue weighted by Crippen LogP contribution is 2.20. The maximum atomic E-state index is 12.1. The Labute approximate surface area is 163 Å². The highest BCUT2D eigenvalue weighted by molar-refractivity contribution is 5.90. The molecule has 142 valence electrons. The smallest absolute Gasteiger partial charge is 0.224 e. The second-order valence-electron chi connectivity index (χ2n) is 6.73. The van der Waals surface area contributed by atoms with Crippen LogP contribution in [0.4, 0.5) is 11.5 Å². The molecule has 0 saturated carbocycles. The number of halogens is 2. The zero-order valence-electron chi connectivity index (χ0n) is 14.7. The molecular formula is C18H30Cl2N4O. The molecule has 5 nitrogen and oxygen atoms in total. The third-order valence-electron chi connectivity index (χ3n) is 4.95. The number of carbonyl (C=O) groups excluding carboxylic acids is 1. The van der Waals surface area contributed by atoms with Crippen molar-refractivity contribution < 1.29 is 4.79 Å². The number of nitrogens with one attached hydrogen (secondary N) is 2. The first kappa shape index (κ1) is 22.0. The van der Waals surface area contributed by atoms with Gasteiger partial charge in [-0.15, -0.1) is 24.8 Å². The second-order valence-corrected chi connectivity index (χ2v) is 6.73. The molecule has 0 bridgehead atoms. The summed E-state index contributed by atoms with van der Waals surface area (Å²) in [6, 6.07) is 3.99. The zero-order chi connectivity index (χ0) is 15.9. The van der Waals surface area contributed by atoms with E-state index in [-0.39, 0.29) is 30.7 Å². The largest absolute Gasteiger partial charge is 0.357 e. The summed E-state index contributed by atoms with van der Waals surface area (Å²) in [6.45, 7) is 4.37. The van der Waals surface area contributed by atoms with Crippen molar-refractivity contribution >= 4 is 42.2 Å². The monoisotopic (exact) mass is 388 g/mol. The molecule has 2 aliphatic rings. The summed E-state index contributed by atoms with van der Waals surface area (Å²) in [4.78, 5) is 18.9. The molecule has 3 rings (SSSR count). The zero-order valence-corrected chi connectivity index (χ0v) is 16.3. The predicted octanol–water partition coefficient (Wildman–Crippen LogP) is 3.63. The van der Waals surface area contributed by atoms with Crippen molar-refractivity contribution in [2.24, 2.45) is 5.92 Å². The maximum Gasteiger partial charge on any atom is 0.224 e. The fourth-order valence-corrected chi connectivity index (χ4v) is 3.50. The van der Waals surface area contributed by atoms with Crippen LogP contribution in [0.1, 0.15) is 44.9 Å². The lowest BCUT2D eigenvalue weighted by Gasteiger charge is -2.27. The van der Waals surface area contributed by atoms with E-state index in [2.05, 4.69) is 20.5 Å². The van der Waals surface area contributed by atoms with Gasteiger partial charge >= 0.3 is 0 Å². The van der Waals surface area contributed by atoms with Crippen LogP contribution in [-0.4, -0.2) is 37.1 Å². The van der Waals surface area contributed by atoms with Crippen LogP contribution >= 0.6 is 24.8 Å². The van der Waals surface area contributed by atoms with E-state index < -0.39 is 0 Å². The van der Waals surface area contributed by atoms with Gasteiger partial charge in [0.1, 0.15) is 5.82 Å². The van der Waals surface area contributed by atoms with Crippen molar-refractivity contribution in [1.82, 2.24) is 10.3 Å². The van der Waals surface area contributed by atoms with Crippen molar-refractivity contribution in [3.8, 4) is 0 Å². The number of hydrogen-bond acceptors (Lipinski definition) is 4. The Morgan fingerprint density at radius 3 is 2.52 bits per heavy atom. The lowest BCUT2D eigenvalue weighted by Crippen LogP contribution is -2.30. The number of hydrogen-bond donors (Lipinski definition) is 2. The standard InChI is InChI=1S/C18H28N4O.2ClH/c23-18(7-4-15-8-10-19-11-9-15)21-16-5-6-17(20-14-16)22-12-2-1-3-13-22;;/h5-6,14-15,19H,1-4,7-13H2,(H,21,23);2*1H. The lowest BCUT2D eigenvalue weighted by atomic mass is 9.93. The molecule has 0 unspecified atom stereocenters. The fourth-order valence-electron chi connectivity index (χ4n) is 3.50. The molecule has 0 radical (unpaired) electrons. The molecule has 2 fully saturated rings. The van der Waals surface area contributed by atoms with Crippen molar-refractivity contribution in [2.45, 2.75) is 44.9 Å². The van der Waals surface area contributed by atoms with E-state index in [1.54, 1.807) is 6.20 Å². The number of pyridine rings is 1. The van der Waals surface area contributed by atoms with Crippen LogP contribution in [0.25, 0.3) is 0 Å². The van der Waals surface area contributed by atoms with Gasteiger partial charge in [-0.3, -0.25) is 4.79 Å². The van der Waals surface area contributed by atoms with E-state index in [1.165, 1.54) is 32.1 Å². The van der Waals surface area contributed by atoms with Gasteiger partial charge < -0.3 is 15.5 Å². The molecule has 0 aliphatic carbocycles. The van der Waals surface area contributed by atoms with E-state index in [0.29, 0.717) is 12.3 Å². The Morgan fingerprint density at radius 1 is 1.16 bits per heavy atom. The van der Waals surface area contributed by atoms with Crippen LogP contribution in [0, 0.1) is 5.92 Å². The van der Waals surface area contributed by atoms with Gasteiger partial charge in [0.05, 0.1) is 11.9 Å². The molecule has 25 heavy (non-hydrogen) atoms. The Morgan fingerprint density at radius 2 is 1.88 bits per heavy atom. The Balaban J connectivity index is 0.00000156. The first-order chi connectivity index (χ1) is 11.3. The second kappa shape index (κ2) is 11.6. The minimum absolute atomic E-state index is 0. The summed E-state index contributed by atoms with van der Waals surface area (Å²) in [5.41, 5.74) is 0.807. The van der Waals surface area contributed by atoms with Crippen molar-refractivity contribution in [3.05, 3.63) is 18.3 Å². The quantitative estimate of drug-likeness (QED) is 0.808. The number of anilines is 2. The van der Waals surface area contributed by atoms with Gasteiger partial charge in [-0.1, -0.05) is 0 Å². The molecule has 0 spiro atoms. The van der Waals surface area contributed by atoms with Crippen LogP contribution in [0.3, 0.4) is 0 Å². The van der Waals surface area contributed by atoms with Crippen molar-refractivity contribution in [1.29, 1.82) is 0 Å². The topological polar surface area (TPSA) is 57.3 Å². The molecule has 1 amide bonds. The third-order valence-corrected chi connectivity index (χ3v) is 4.95. The molecule has 0 atom stereocenters. The molecule has 7 heteroatoms. The summed E-state index contributed by atoms with van der Waals surface area (Å²) in [6.07, 6.45) is 9.59. The predicted molar refractivity (Wildman–Crippen MR) is 108 cm³/mol. The molecule has 3 heterocycles. The van der Waals surface area contributed by atoms with Gasteiger partial charge in [0.15, 0.2) is 0 Å². The van der Waals surface area contributed by atoms with Gasteiger partial charge in [-0.05, 0) is 69.7 Å². The average molecular weight is 389 g/mol. The number of piperidine rings is 2. The minimum Gasteiger partial charge on any atom is -0.357 e. The normalized spacial score (nSPS) is 18.0. The van der Waals surface area contributed by atoms with Gasteiger partial charge in [0.2, 0.25) is 5.91 Å². The molecule has 1 aromatic rings. The van der Waals surface area contributed by atoms with E-state index in [0.717, 1.165) is 44.1 Å². The third kappa shape index (κ3) is 7.00. The number of nitrogens with zero attached hydrogens (tertiary/aromatic N) is 2. The maximum absolute atomic E-state index is 12.1. The molecule has 2 aliphatic heterocycles. The van der Waals surface area contributed by atoms with E-state index in [1.807, 2.05) is 12.1 Å². The number of rotatable bonds is 5. The highest BCUT2D eigenvalue weighted by atomic mass is 35.5. The highest BCUT2D eigenvalue weighted by Gasteiger charge is 2.15. The van der Waals surface area contributed by atoms with Crippen LogP contribution in [0.5, 0.6) is 0 Å². The van der Waals surface area contributed by atoms with Crippen LogP contribution < -0.4 is 15.5 Å². The van der Waals surface area contributed by atoms with E-state index in [9.17, 15) is 4.79 Å². The first-order valence-corrected chi connectivity index (χ1v) is 9.03. The number of aromatic nitrogens is 1. The molecular weight excluding hydrogens is 359 g/mol. The minimum atomic E-state index is 0. The van der Waals surface area contributed by atoms with E-state index >= 15 is 0 Å². The van der Waals surface area contributed by atoms with Gasteiger partial charge in [0, 0.05) is 19.5 Å². The SMILES string of the molecule is Cl.Cl.O=C(CCC1CCNCC1)Nc1ccc(N2CCCCC2)nc1. The fraction of sp³-hybridized carbons (Fsp3) is 0.667. The summed E-state index contributed by atoms with van der Waals surface area (Å²) < 4.78 is 0. The summed E-state index contributed by atoms with van der Waals surface area (Å²) in [5, 5.41) is 6.34. The Kier molecular flexibility index (Phi) is 10.2. The van der Waals surface area contributed by atoms with Gasteiger partial charge in [-0.25, -0.2) is 4.98 Å². The molecule has 2 N–H and O–H groups in total. The van der Waals surface area contributed by atoms with Crippen molar-refractivity contribution in [3.63, 3.8) is 0 Å². The van der Waals surface area contributed by atoms with Crippen LogP contribution in [0.15, 0.2) is 18.3 Å². The van der Waals surface area contributed by atoms with Gasteiger partial charge in [-0.2, -0.15) is 0 Å². The Hall–Kier alpha value is -1.04. The molecule has 1 aromatic heterocycles. The van der Waals surface area contributed by atoms with Crippen LogP contribution in [-0.2, 0) is 4.79 Å². The first-order valence-electron chi connectivity index (χ1n) is 9.03. The molecule has 2 saturated heterocycles. The van der Waals surface area contributed by atoms with Crippen molar-refractivity contribution in [2.75, 3.05) is 36.4 Å². The average Bonchev–Trinajstić information content (AvgIpc) is 2.62. The summed E-state index contributed by atoms with van der Waals surface area (Å²) in [5.74, 6) is 1.83. The van der Waals surface area contributed by atoms with Gasteiger partial charge in [0.25, 0.3) is 0 Å². The number of carbonyl (C=O) groups is 1. The van der Waals surface area contributed by atoms with Crippen LogP contribution in [0.2, 0.25) is 0 Å². The lowest BCUT2D eigenvalue weighted by molar-refractivity contribution is -0.116. The Bertz CT molecular complexity index is 500. The number of amides is 1. The summed E-state index contributed by atoms with van der Waals surface area (Å²) in [7, 11) is 0. The van der Waals surface area contributed by atoms with E-state index in [4.69, 9.17) is 0 Å². The molecule has 0 aromatic carbocycles.